The Balaban J connectivity index is 2.01. The second-order valence-corrected chi connectivity index (χ2v) is 9.98. The zero-order valence-electron chi connectivity index (χ0n) is 21.2. The number of fused-ring (bicyclic) bond motifs is 1. The molecule has 34 heavy (non-hydrogen) atoms. The smallest absolute Gasteiger partial charge is 0.360 e. The van der Waals surface area contributed by atoms with Gasteiger partial charge in [0.05, 0.1) is 11.0 Å². The van der Waals surface area contributed by atoms with Crippen molar-refractivity contribution in [3.8, 4) is 0 Å². The van der Waals surface area contributed by atoms with Gasteiger partial charge in [-0.1, -0.05) is 56.9 Å². The fourth-order valence-corrected chi connectivity index (χ4v) is 5.52. The SMILES string of the molecule is CCCC[C@@H](C[C@H](C)n1c(=O)c(C(=O)O)nc2ccccc21)N(C(C)C)C1/C=C\CCCCC1. The van der Waals surface area contributed by atoms with E-state index < -0.39 is 17.2 Å². The predicted octanol–water partition coefficient (Wildman–Crippen LogP) is 6.20. The molecule has 6 nitrogen and oxygen atoms in total. The quantitative estimate of drug-likeness (QED) is 0.421. The molecule has 0 saturated heterocycles. The third kappa shape index (κ3) is 6.15. The van der Waals surface area contributed by atoms with E-state index in [1.165, 1.54) is 19.3 Å². The highest BCUT2D eigenvalue weighted by Gasteiger charge is 2.30. The Hall–Kier alpha value is -2.47. The van der Waals surface area contributed by atoms with E-state index >= 15 is 0 Å². The molecule has 0 aliphatic heterocycles. The average Bonchev–Trinajstić information content (AvgIpc) is 2.77. The minimum atomic E-state index is -1.28. The maximum Gasteiger partial charge on any atom is 0.360 e. The lowest BCUT2D eigenvalue weighted by Crippen LogP contribution is -2.48. The molecule has 1 aliphatic carbocycles. The fraction of sp³-hybridized carbons (Fsp3) is 0.607. The number of allylic oxidation sites excluding steroid dienone is 1. The molecule has 1 aliphatic rings. The van der Waals surface area contributed by atoms with Crippen molar-refractivity contribution in [1.82, 2.24) is 14.5 Å². The first-order valence-corrected chi connectivity index (χ1v) is 13.0. The summed E-state index contributed by atoms with van der Waals surface area (Å²) in [6.45, 7) is 8.81. The second-order valence-electron chi connectivity index (χ2n) is 9.98. The normalized spacial score (nSPS) is 19.6. The highest BCUT2D eigenvalue weighted by atomic mass is 16.4. The first kappa shape index (κ1) is 26.1. The molecule has 0 spiro atoms. The van der Waals surface area contributed by atoms with E-state index in [1.807, 2.05) is 25.1 Å². The number of nitrogens with zero attached hydrogens (tertiary/aromatic N) is 3. The van der Waals surface area contributed by atoms with Crippen molar-refractivity contribution in [1.29, 1.82) is 0 Å². The second kappa shape index (κ2) is 12.3. The number of hydrogen-bond acceptors (Lipinski definition) is 4. The van der Waals surface area contributed by atoms with Gasteiger partial charge >= 0.3 is 5.97 Å². The van der Waals surface area contributed by atoms with Gasteiger partial charge in [0.1, 0.15) is 0 Å². The number of hydrogen-bond donors (Lipinski definition) is 1. The van der Waals surface area contributed by atoms with Crippen LogP contribution in [-0.2, 0) is 0 Å². The predicted molar refractivity (Wildman–Crippen MR) is 139 cm³/mol. The summed E-state index contributed by atoms with van der Waals surface area (Å²) in [4.78, 5) is 31.8. The first-order chi connectivity index (χ1) is 16.3. The topological polar surface area (TPSA) is 75.4 Å². The van der Waals surface area contributed by atoms with Gasteiger partial charge in [0, 0.05) is 24.2 Å². The van der Waals surface area contributed by atoms with Crippen molar-refractivity contribution < 1.29 is 9.90 Å². The number of para-hydroxylation sites is 2. The van der Waals surface area contributed by atoms with Gasteiger partial charge in [0.2, 0.25) is 5.69 Å². The molecule has 3 rings (SSSR count). The van der Waals surface area contributed by atoms with Crippen molar-refractivity contribution in [3.05, 3.63) is 52.5 Å². The standard InChI is InChI=1S/C28H41N3O3/c1-5-6-14-23(30(20(2)3)22-15-10-8-7-9-11-16-22)19-21(4)31-25-18-13-12-17-24(25)29-26(27(31)32)28(33)34/h10,12-13,15,17-18,20-23H,5-9,11,14,16,19H2,1-4H3,(H,33,34)/b15-10-/t21-,22?,23-/m0/s1. The van der Waals surface area contributed by atoms with Crippen LogP contribution in [0.2, 0.25) is 0 Å². The molecule has 1 unspecified atom stereocenters. The van der Waals surface area contributed by atoms with Gasteiger partial charge in [-0.15, -0.1) is 0 Å². The average molecular weight is 468 g/mol. The van der Waals surface area contributed by atoms with Crippen LogP contribution in [0.15, 0.2) is 41.2 Å². The summed E-state index contributed by atoms with van der Waals surface area (Å²) in [6, 6.07) is 8.27. The fourth-order valence-electron chi connectivity index (χ4n) is 5.52. The highest BCUT2D eigenvalue weighted by Crippen LogP contribution is 2.29. The minimum absolute atomic E-state index is 0.154. The number of aromatic nitrogens is 2. The molecule has 0 amide bonds. The summed E-state index contributed by atoms with van der Waals surface area (Å²) in [5, 5.41) is 9.62. The van der Waals surface area contributed by atoms with Gasteiger partial charge in [-0.25, -0.2) is 9.78 Å². The highest BCUT2D eigenvalue weighted by molar-refractivity contribution is 5.88. The number of aromatic carboxylic acids is 1. The Morgan fingerprint density at radius 3 is 2.68 bits per heavy atom. The van der Waals surface area contributed by atoms with Crippen LogP contribution in [0.1, 0.15) is 102 Å². The van der Waals surface area contributed by atoms with Crippen LogP contribution < -0.4 is 5.56 Å². The van der Waals surface area contributed by atoms with Crippen LogP contribution in [0, 0.1) is 0 Å². The zero-order chi connectivity index (χ0) is 24.7. The van der Waals surface area contributed by atoms with E-state index in [1.54, 1.807) is 10.6 Å². The molecule has 1 aromatic heterocycles. The molecule has 1 N–H and O–H groups in total. The monoisotopic (exact) mass is 467 g/mol. The zero-order valence-corrected chi connectivity index (χ0v) is 21.2. The maximum atomic E-state index is 13.2. The van der Waals surface area contributed by atoms with E-state index in [0.29, 0.717) is 29.2 Å². The minimum Gasteiger partial charge on any atom is -0.476 e. The van der Waals surface area contributed by atoms with Crippen LogP contribution in [0.4, 0.5) is 0 Å². The van der Waals surface area contributed by atoms with Crippen molar-refractivity contribution in [2.24, 2.45) is 0 Å². The van der Waals surface area contributed by atoms with Gasteiger partial charge in [-0.3, -0.25) is 9.69 Å². The third-order valence-electron chi connectivity index (χ3n) is 7.07. The van der Waals surface area contributed by atoms with E-state index in [4.69, 9.17) is 0 Å². The molecule has 2 aromatic rings. The molecule has 1 heterocycles. The van der Waals surface area contributed by atoms with Gasteiger partial charge in [0.15, 0.2) is 0 Å². The summed E-state index contributed by atoms with van der Waals surface area (Å²) in [6.07, 6.45) is 14.9. The van der Waals surface area contributed by atoms with E-state index in [9.17, 15) is 14.7 Å². The summed E-state index contributed by atoms with van der Waals surface area (Å²) in [5.74, 6) is -1.28. The molecule has 6 heteroatoms. The molecule has 0 bridgehead atoms. The Kier molecular flexibility index (Phi) is 9.45. The van der Waals surface area contributed by atoms with E-state index in [-0.39, 0.29) is 6.04 Å². The Morgan fingerprint density at radius 2 is 1.97 bits per heavy atom. The van der Waals surface area contributed by atoms with Gasteiger partial charge in [0.25, 0.3) is 5.56 Å². The first-order valence-electron chi connectivity index (χ1n) is 13.0. The molecule has 0 radical (unpaired) electrons. The van der Waals surface area contributed by atoms with Crippen LogP contribution in [0.5, 0.6) is 0 Å². The Labute approximate surface area is 203 Å². The van der Waals surface area contributed by atoms with Crippen LogP contribution >= 0.6 is 0 Å². The van der Waals surface area contributed by atoms with Crippen LogP contribution in [0.3, 0.4) is 0 Å². The van der Waals surface area contributed by atoms with Crippen molar-refractivity contribution in [2.75, 3.05) is 0 Å². The number of unbranched alkanes of at least 4 members (excludes halogenated alkanes) is 1. The van der Waals surface area contributed by atoms with Gasteiger partial charge in [-0.2, -0.15) is 0 Å². The van der Waals surface area contributed by atoms with Crippen molar-refractivity contribution in [3.63, 3.8) is 0 Å². The van der Waals surface area contributed by atoms with Crippen molar-refractivity contribution >= 4 is 17.0 Å². The molecule has 1 aromatic carbocycles. The molecule has 3 atom stereocenters. The van der Waals surface area contributed by atoms with E-state index in [0.717, 1.165) is 38.5 Å². The molecule has 186 valence electrons. The lowest BCUT2D eigenvalue weighted by molar-refractivity contribution is 0.0687. The Bertz CT molecular complexity index is 1040. The number of rotatable bonds is 10. The van der Waals surface area contributed by atoms with Crippen LogP contribution in [-0.4, -0.2) is 43.7 Å². The Morgan fingerprint density at radius 1 is 1.21 bits per heavy atom. The van der Waals surface area contributed by atoms with Crippen molar-refractivity contribution in [2.45, 2.75) is 110 Å². The lowest BCUT2D eigenvalue weighted by Gasteiger charge is -2.42. The summed E-state index contributed by atoms with van der Waals surface area (Å²) >= 11 is 0. The number of carbonyl (C=O) groups is 1. The summed E-state index contributed by atoms with van der Waals surface area (Å²) < 4.78 is 1.66. The summed E-state index contributed by atoms with van der Waals surface area (Å²) in [5.41, 5.74) is 0.315. The molecule has 0 fully saturated rings. The lowest BCUT2D eigenvalue weighted by atomic mass is 9.93. The summed E-state index contributed by atoms with van der Waals surface area (Å²) in [7, 11) is 0. The van der Waals surface area contributed by atoms with Gasteiger partial charge in [-0.05, 0) is 65.0 Å². The molecule has 0 saturated carbocycles. The van der Waals surface area contributed by atoms with E-state index in [2.05, 4.69) is 42.8 Å². The number of carboxylic acids is 1. The number of carboxylic acid groups (broad SMARTS) is 1. The molecular formula is C28H41N3O3. The number of benzene rings is 1. The van der Waals surface area contributed by atoms with Crippen LogP contribution in [0.25, 0.3) is 11.0 Å². The maximum absolute atomic E-state index is 13.2. The third-order valence-corrected chi connectivity index (χ3v) is 7.07. The van der Waals surface area contributed by atoms with Gasteiger partial charge < -0.3 is 9.67 Å². The molecular weight excluding hydrogens is 426 g/mol. The largest absolute Gasteiger partial charge is 0.476 e.